The van der Waals surface area contributed by atoms with Crippen LogP contribution in [0.4, 0.5) is 0 Å². The Labute approximate surface area is 91.2 Å². The molecular weight excluding hydrogens is 190 g/mol. The Morgan fingerprint density at radius 1 is 1.27 bits per heavy atom. The fourth-order valence-electron chi connectivity index (χ4n) is 1.51. The summed E-state index contributed by atoms with van der Waals surface area (Å²) in [5, 5.41) is 0. The third-order valence-corrected chi connectivity index (χ3v) is 2.20. The maximum absolute atomic E-state index is 5.65. The Morgan fingerprint density at radius 3 is 2.60 bits per heavy atom. The zero-order valence-electron chi connectivity index (χ0n) is 9.67. The molecule has 0 aliphatic rings. The first-order chi connectivity index (χ1) is 7.19. The lowest BCUT2D eigenvalue weighted by molar-refractivity contribution is 0.289. The lowest BCUT2D eigenvalue weighted by Crippen LogP contribution is -2.07. The van der Waals surface area contributed by atoms with E-state index in [1.165, 1.54) is 5.56 Å². The largest absolute Gasteiger partial charge is 0.493 e. The zero-order valence-corrected chi connectivity index (χ0v) is 9.67. The molecule has 0 fully saturated rings. The highest BCUT2D eigenvalue weighted by molar-refractivity contribution is 5.48. The van der Waals surface area contributed by atoms with Crippen LogP contribution in [0.3, 0.4) is 0 Å². The highest BCUT2D eigenvalue weighted by Crippen LogP contribution is 2.32. The molecule has 0 saturated carbocycles. The maximum Gasteiger partial charge on any atom is 0.164 e. The van der Waals surface area contributed by atoms with Crippen LogP contribution in [0.15, 0.2) is 12.1 Å². The number of hydrogen-bond donors (Lipinski definition) is 1. The molecule has 0 amide bonds. The molecule has 0 aromatic heterocycles. The van der Waals surface area contributed by atoms with Crippen LogP contribution >= 0.6 is 0 Å². The summed E-state index contributed by atoms with van der Waals surface area (Å²) in [6.45, 7) is 5.34. The Bertz CT molecular complexity index is 324. The molecule has 0 aliphatic carbocycles. The van der Waals surface area contributed by atoms with Gasteiger partial charge in [0.1, 0.15) is 0 Å². The van der Waals surface area contributed by atoms with E-state index in [1.54, 1.807) is 7.11 Å². The minimum Gasteiger partial charge on any atom is -0.493 e. The van der Waals surface area contributed by atoms with Gasteiger partial charge in [0.05, 0.1) is 13.7 Å². The zero-order chi connectivity index (χ0) is 11.3. The average molecular weight is 209 g/mol. The predicted molar refractivity (Wildman–Crippen MR) is 61.6 cm³/mol. The molecule has 84 valence electrons. The van der Waals surface area contributed by atoms with E-state index >= 15 is 0 Å². The van der Waals surface area contributed by atoms with Gasteiger partial charge >= 0.3 is 0 Å². The van der Waals surface area contributed by atoms with E-state index in [0.29, 0.717) is 13.2 Å². The lowest BCUT2D eigenvalue weighted by Gasteiger charge is -2.13. The fraction of sp³-hybridized carbons (Fsp3) is 0.500. The van der Waals surface area contributed by atoms with Crippen LogP contribution in [-0.4, -0.2) is 20.3 Å². The van der Waals surface area contributed by atoms with Crippen LogP contribution in [0.25, 0.3) is 0 Å². The molecule has 1 aromatic carbocycles. The molecule has 1 rings (SSSR count). The maximum atomic E-state index is 5.65. The smallest absolute Gasteiger partial charge is 0.164 e. The van der Waals surface area contributed by atoms with E-state index < -0.39 is 0 Å². The molecule has 3 heteroatoms. The Hall–Kier alpha value is -1.22. The average Bonchev–Trinajstić information content (AvgIpc) is 2.20. The van der Waals surface area contributed by atoms with Crippen LogP contribution in [0.2, 0.25) is 0 Å². The van der Waals surface area contributed by atoms with Gasteiger partial charge in [-0.1, -0.05) is 6.07 Å². The van der Waals surface area contributed by atoms with Gasteiger partial charge in [0.2, 0.25) is 0 Å². The summed E-state index contributed by atoms with van der Waals surface area (Å²) in [4.78, 5) is 0. The van der Waals surface area contributed by atoms with Crippen molar-refractivity contribution in [3.05, 3.63) is 23.3 Å². The number of hydrogen-bond acceptors (Lipinski definition) is 3. The van der Waals surface area contributed by atoms with Crippen molar-refractivity contribution in [1.82, 2.24) is 0 Å². The van der Waals surface area contributed by atoms with Gasteiger partial charge in [0, 0.05) is 0 Å². The summed E-state index contributed by atoms with van der Waals surface area (Å²) in [6, 6.07) is 4.06. The SMILES string of the molecule is COc1cc(C)cc(C)c1OCCCN. The highest BCUT2D eigenvalue weighted by atomic mass is 16.5. The highest BCUT2D eigenvalue weighted by Gasteiger charge is 2.08. The van der Waals surface area contributed by atoms with E-state index in [2.05, 4.69) is 6.07 Å². The molecule has 0 radical (unpaired) electrons. The normalized spacial score (nSPS) is 10.1. The number of benzene rings is 1. The second-order valence-corrected chi connectivity index (χ2v) is 3.60. The van der Waals surface area contributed by atoms with Crippen LogP contribution in [0.1, 0.15) is 17.5 Å². The Kier molecular flexibility index (Phi) is 4.43. The monoisotopic (exact) mass is 209 g/mol. The summed E-state index contributed by atoms with van der Waals surface area (Å²) < 4.78 is 10.9. The number of ether oxygens (including phenoxy) is 2. The van der Waals surface area contributed by atoms with Crippen LogP contribution in [0, 0.1) is 13.8 Å². The van der Waals surface area contributed by atoms with E-state index in [-0.39, 0.29) is 0 Å². The number of methoxy groups -OCH3 is 1. The second kappa shape index (κ2) is 5.61. The van der Waals surface area contributed by atoms with Crippen LogP contribution < -0.4 is 15.2 Å². The Balaban J connectivity index is 2.84. The molecule has 3 nitrogen and oxygen atoms in total. The third-order valence-electron chi connectivity index (χ3n) is 2.20. The van der Waals surface area contributed by atoms with Gasteiger partial charge in [-0.15, -0.1) is 0 Å². The van der Waals surface area contributed by atoms with Gasteiger partial charge in [-0.3, -0.25) is 0 Å². The van der Waals surface area contributed by atoms with E-state index in [4.69, 9.17) is 15.2 Å². The van der Waals surface area contributed by atoms with Gasteiger partial charge in [-0.25, -0.2) is 0 Å². The van der Waals surface area contributed by atoms with E-state index in [9.17, 15) is 0 Å². The van der Waals surface area contributed by atoms with Gasteiger partial charge in [0.25, 0.3) is 0 Å². The second-order valence-electron chi connectivity index (χ2n) is 3.60. The lowest BCUT2D eigenvalue weighted by atomic mass is 10.1. The van der Waals surface area contributed by atoms with Gasteiger partial charge in [0.15, 0.2) is 11.5 Å². The summed E-state index contributed by atoms with van der Waals surface area (Å²) >= 11 is 0. The third kappa shape index (κ3) is 3.13. The molecule has 2 N–H and O–H groups in total. The Morgan fingerprint density at radius 2 is 2.00 bits per heavy atom. The summed E-state index contributed by atoms with van der Waals surface area (Å²) in [5.41, 5.74) is 7.69. The first kappa shape index (κ1) is 11.9. The van der Waals surface area contributed by atoms with E-state index in [0.717, 1.165) is 23.5 Å². The van der Waals surface area contributed by atoms with E-state index in [1.807, 2.05) is 19.9 Å². The quantitative estimate of drug-likeness (QED) is 0.755. The molecule has 0 bridgehead atoms. The fourth-order valence-corrected chi connectivity index (χ4v) is 1.51. The van der Waals surface area contributed by atoms with Crippen molar-refractivity contribution in [3.63, 3.8) is 0 Å². The van der Waals surface area contributed by atoms with Gasteiger partial charge in [-0.2, -0.15) is 0 Å². The van der Waals surface area contributed by atoms with Gasteiger partial charge < -0.3 is 15.2 Å². The number of nitrogens with two attached hydrogens (primary N) is 1. The molecular formula is C12H19NO2. The minimum absolute atomic E-state index is 0.636. The molecule has 0 unspecified atom stereocenters. The summed E-state index contributed by atoms with van der Waals surface area (Å²) in [5.74, 6) is 1.63. The van der Waals surface area contributed by atoms with Crippen molar-refractivity contribution in [1.29, 1.82) is 0 Å². The van der Waals surface area contributed by atoms with Crippen molar-refractivity contribution >= 4 is 0 Å². The van der Waals surface area contributed by atoms with Crippen molar-refractivity contribution in [3.8, 4) is 11.5 Å². The first-order valence-corrected chi connectivity index (χ1v) is 5.17. The molecule has 0 saturated heterocycles. The molecule has 1 aromatic rings. The number of aryl methyl sites for hydroxylation is 2. The summed E-state index contributed by atoms with van der Waals surface area (Å²) in [6.07, 6.45) is 0.858. The molecule has 15 heavy (non-hydrogen) atoms. The standard InChI is InChI=1S/C12H19NO2/c1-9-7-10(2)12(11(8-9)14-3)15-6-4-5-13/h7-8H,4-6,13H2,1-3H3. The predicted octanol–water partition coefficient (Wildman–Crippen LogP) is 2.04. The summed E-state index contributed by atoms with van der Waals surface area (Å²) in [7, 11) is 1.66. The van der Waals surface area contributed by atoms with Crippen molar-refractivity contribution < 1.29 is 9.47 Å². The minimum atomic E-state index is 0.636. The van der Waals surface area contributed by atoms with Crippen molar-refractivity contribution in [2.75, 3.05) is 20.3 Å². The van der Waals surface area contributed by atoms with Crippen molar-refractivity contribution in [2.24, 2.45) is 5.73 Å². The van der Waals surface area contributed by atoms with Crippen LogP contribution in [-0.2, 0) is 0 Å². The first-order valence-electron chi connectivity index (χ1n) is 5.17. The molecule has 0 heterocycles. The molecule has 0 spiro atoms. The van der Waals surface area contributed by atoms with Crippen LogP contribution in [0.5, 0.6) is 11.5 Å². The topological polar surface area (TPSA) is 44.5 Å². The molecule has 0 aliphatic heterocycles. The number of rotatable bonds is 5. The van der Waals surface area contributed by atoms with Crippen molar-refractivity contribution in [2.45, 2.75) is 20.3 Å². The van der Waals surface area contributed by atoms with Gasteiger partial charge in [-0.05, 0) is 44.0 Å². The molecule has 0 atom stereocenters.